The third kappa shape index (κ3) is 6.28. The van der Waals surface area contributed by atoms with E-state index < -0.39 is 0 Å². The van der Waals surface area contributed by atoms with Crippen molar-refractivity contribution in [2.24, 2.45) is 0 Å². The quantitative estimate of drug-likeness (QED) is 0.575. The van der Waals surface area contributed by atoms with Crippen LogP contribution in [-0.2, 0) is 9.68 Å². The molecule has 0 atom stereocenters. The summed E-state index contributed by atoms with van der Waals surface area (Å²) in [5.74, 6) is 0. The third-order valence-electron chi connectivity index (χ3n) is 0.915. The second-order valence-corrected chi connectivity index (χ2v) is 2.96. The molecule has 0 amide bonds. The van der Waals surface area contributed by atoms with Crippen molar-refractivity contribution in [2.75, 3.05) is 6.54 Å². The molecule has 0 aromatic rings. The molecule has 3 heteroatoms. The lowest BCUT2D eigenvalue weighted by atomic mass is 10.5. The van der Waals surface area contributed by atoms with Crippen molar-refractivity contribution in [3.8, 4) is 0 Å². The second-order valence-electron chi connectivity index (χ2n) is 2.96. The summed E-state index contributed by atoms with van der Waals surface area (Å²) in [6.45, 7) is 10.7. The Bertz CT molecular complexity index is 84.1. The molecule has 68 valence electrons. The molecule has 3 nitrogen and oxygen atoms in total. The Morgan fingerprint density at radius 3 is 1.55 bits per heavy atom. The molecule has 0 radical (unpaired) electrons. The monoisotopic (exact) mass is 161 g/mol. The van der Waals surface area contributed by atoms with Crippen molar-refractivity contribution in [2.45, 2.75) is 46.8 Å². The summed E-state index contributed by atoms with van der Waals surface area (Å²) in [6, 6.07) is 0. The number of hydrogen-bond donors (Lipinski definition) is 0. The number of nitrogens with zero attached hydrogens (tertiary/aromatic N) is 1. The zero-order valence-corrected chi connectivity index (χ0v) is 8.13. The first-order valence-electron chi connectivity index (χ1n) is 4.17. The Labute approximate surface area is 69.2 Å². The number of hydroxylamine groups is 2. The van der Waals surface area contributed by atoms with E-state index in [0.29, 0.717) is 0 Å². The zero-order chi connectivity index (χ0) is 8.85. The van der Waals surface area contributed by atoms with Crippen LogP contribution >= 0.6 is 0 Å². The van der Waals surface area contributed by atoms with E-state index >= 15 is 0 Å². The van der Waals surface area contributed by atoms with Crippen LogP contribution < -0.4 is 0 Å². The maximum absolute atomic E-state index is 5.32. The van der Waals surface area contributed by atoms with E-state index in [0.717, 1.165) is 6.54 Å². The lowest BCUT2D eigenvalue weighted by Gasteiger charge is -2.23. The standard InChI is InChI=1S/C8H19NO2/c1-6-9(10-7(2)3)11-8(4)5/h7-8H,6H2,1-5H3. The summed E-state index contributed by atoms with van der Waals surface area (Å²) < 4.78 is 0. The largest absolute Gasteiger partial charge is 0.271 e. The van der Waals surface area contributed by atoms with Crippen molar-refractivity contribution in [1.29, 1.82) is 0 Å². The molecule has 0 heterocycles. The fraction of sp³-hybridized carbons (Fsp3) is 1.00. The van der Waals surface area contributed by atoms with Gasteiger partial charge < -0.3 is 0 Å². The summed E-state index contributed by atoms with van der Waals surface area (Å²) in [5, 5.41) is 1.52. The third-order valence-corrected chi connectivity index (χ3v) is 0.915. The Morgan fingerprint density at radius 2 is 1.36 bits per heavy atom. The molecule has 0 bridgehead atoms. The summed E-state index contributed by atoms with van der Waals surface area (Å²) >= 11 is 0. The Hall–Kier alpha value is -0.120. The molecule has 0 saturated carbocycles. The SMILES string of the molecule is CCN(OC(C)C)OC(C)C. The van der Waals surface area contributed by atoms with Crippen LogP contribution in [0.15, 0.2) is 0 Å². The van der Waals surface area contributed by atoms with Crippen LogP contribution in [0, 0.1) is 0 Å². The maximum Gasteiger partial charge on any atom is 0.0763 e. The highest BCUT2D eigenvalue weighted by atomic mass is 17.0. The fourth-order valence-electron chi connectivity index (χ4n) is 0.644. The van der Waals surface area contributed by atoms with E-state index in [4.69, 9.17) is 9.68 Å². The van der Waals surface area contributed by atoms with E-state index in [-0.39, 0.29) is 12.2 Å². The van der Waals surface area contributed by atoms with Crippen molar-refractivity contribution >= 4 is 0 Å². The highest BCUT2D eigenvalue weighted by Crippen LogP contribution is 2.00. The zero-order valence-electron chi connectivity index (χ0n) is 8.13. The van der Waals surface area contributed by atoms with Crippen LogP contribution in [0.4, 0.5) is 0 Å². The van der Waals surface area contributed by atoms with Crippen LogP contribution in [0.2, 0.25) is 0 Å². The Kier molecular flexibility index (Phi) is 5.46. The lowest BCUT2D eigenvalue weighted by molar-refractivity contribution is -0.392. The Morgan fingerprint density at radius 1 is 1.00 bits per heavy atom. The molecule has 0 spiro atoms. The van der Waals surface area contributed by atoms with E-state index in [1.807, 2.05) is 34.6 Å². The van der Waals surface area contributed by atoms with E-state index in [9.17, 15) is 0 Å². The summed E-state index contributed by atoms with van der Waals surface area (Å²) in [5.41, 5.74) is 0. The highest BCUT2D eigenvalue weighted by molar-refractivity contribution is 4.34. The van der Waals surface area contributed by atoms with E-state index in [1.165, 1.54) is 5.23 Å². The molecule has 0 N–H and O–H groups in total. The molecule has 0 fully saturated rings. The minimum atomic E-state index is 0.175. The van der Waals surface area contributed by atoms with Gasteiger partial charge in [-0.15, -0.1) is 0 Å². The van der Waals surface area contributed by atoms with Gasteiger partial charge in [0, 0.05) is 6.54 Å². The van der Waals surface area contributed by atoms with Gasteiger partial charge >= 0.3 is 0 Å². The van der Waals surface area contributed by atoms with Crippen LogP contribution in [0.3, 0.4) is 0 Å². The van der Waals surface area contributed by atoms with Crippen LogP contribution in [0.25, 0.3) is 0 Å². The molecule has 0 aliphatic rings. The summed E-state index contributed by atoms with van der Waals surface area (Å²) in [4.78, 5) is 10.6. The van der Waals surface area contributed by atoms with Crippen molar-refractivity contribution in [3.05, 3.63) is 0 Å². The normalized spacial score (nSPS) is 12.0. The molecular weight excluding hydrogens is 142 g/mol. The molecule has 0 aliphatic carbocycles. The number of rotatable bonds is 5. The number of hydrogen-bond acceptors (Lipinski definition) is 3. The van der Waals surface area contributed by atoms with Gasteiger partial charge in [0.1, 0.15) is 0 Å². The molecule has 0 unspecified atom stereocenters. The maximum atomic E-state index is 5.32. The molecule has 0 aromatic carbocycles. The van der Waals surface area contributed by atoms with Gasteiger partial charge in [0.2, 0.25) is 0 Å². The van der Waals surface area contributed by atoms with Gasteiger partial charge in [-0.05, 0) is 34.6 Å². The van der Waals surface area contributed by atoms with Gasteiger partial charge in [0.25, 0.3) is 0 Å². The molecule has 11 heavy (non-hydrogen) atoms. The molecular formula is C8H19NO2. The summed E-state index contributed by atoms with van der Waals surface area (Å²) in [6.07, 6.45) is 0.349. The average molecular weight is 161 g/mol. The van der Waals surface area contributed by atoms with Crippen molar-refractivity contribution < 1.29 is 9.68 Å². The van der Waals surface area contributed by atoms with Gasteiger partial charge in [-0.2, -0.15) is 0 Å². The Balaban J connectivity index is 3.58. The predicted molar refractivity (Wildman–Crippen MR) is 44.8 cm³/mol. The van der Waals surface area contributed by atoms with Crippen LogP contribution in [-0.4, -0.2) is 24.0 Å². The van der Waals surface area contributed by atoms with E-state index in [2.05, 4.69) is 0 Å². The van der Waals surface area contributed by atoms with Crippen molar-refractivity contribution in [1.82, 2.24) is 5.23 Å². The highest BCUT2D eigenvalue weighted by Gasteiger charge is 2.07. The predicted octanol–water partition coefficient (Wildman–Crippen LogP) is 1.99. The van der Waals surface area contributed by atoms with Gasteiger partial charge in [0.15, 0.2) is 0 Å². The minimum Gasteiger partial charge on any atom is -0.271 e. The lowest BCUT2D eigenvalue weighted by Crippen LogP contribution is -2.30. The molecule has 0 rings (SSSR count). The van der Waals surface area contributed by atoms with Crippen LogP contribution in [0.5, 0.6) is 0 Å². The minimum absolute atomic E-state index is 0.175. The van der Waals surface area contributed by atoms with Crippen LogP contribution in [0.1, 0.15) is 34.6 Å². The molecule has 0 aromatic heterocycles. The van der Waals surface area contributed by atoms with Gasteiger partial charge in [-0.3, -0.25) is 9.68 Å². The topological polar surface area (TPSA) is 21.7 Å². The molecule has 0 aliphatic heterocycles. The first kappa shape index (κ1) is 10.9. The average Bonchev–Trinajstić information content (AvgIpc) is 1.84. The first-order valence-corrected chi connectivity index (χ1v) is 4.17. The first-order chi connectivity index (χ1) is 5.06. The van der Waals surface area contributed by atoms with Crippen molar-refractivity contribution in [3.63, 3.8) is 0 Å². The fourth-order valence-corrected chi connectivity index (χ4v) is 0.644. The summed E-state index contributed by atoms with van der Waals surface area (Å²) in [7, 11) is 0. The van der Waals surface area contributed by atoms with Gasteiger partial charge in [0.05, 0.1) is 12.2 Å². The van der Waals surface area contributed by atoms with E-state index in [1.54, 1.807) is 0 Å². The second kappa shape index (κ2) is 5.52. The van der Waals surface area contributed by atoms with Gasteiger partial charge in [-0.1, -0.05) is 5.23 Å². The molecule has 0 saturated heterocycles. The van der Waals surface area contributed by atoms with Gasteiger partial charge in [-0.25, -0.2) is 0 Å². The smallest absolute Gasteiger partial charge is 0.0763 e.